The number of carboxylic acid groups (broad SMARTS) is 1. The highest BCUT2D eigenvalue weighted by Gasteiger charge is 2.28. The minimum Gasteiger partial charge on any atom is -0.481 e. The Bertz CT molecular complexity index is 544. The van der Waals surface area contributed by atoms with Gasteiger partial charge in [0.2, 0.25) is 0 Å². The molecule has 1 aliphatic carbocycles. The van der Waals surface area contributed by atoms with Gasteiger partial charge in [0.1, 0.15) is 0 Å². The van der Waals surface area contributed by atoms with Crippen LogP contribution < -0.4 is 0 Å². The van der Waals surface area contributed by atoms with E-state index in [9.17, 15) is 9.59 Å². The highest BCUT2D eigenvalue weighted by molar-refractivity contribution is 7.14. The summed E-state index contributed by atoms with van der Waals surface area (Å²) in [5.41, 5.74) is 1.08. The molecule has 3 rings (SSSR count). The Labute approximate surface area is 128 Å². The van der Waals surface area contributed by atoms with Crippen molar-refractivity contribution >= 4 is 23.2 Å². The molecule has 2 heterocycles. The van der Waals surface area contributed by atoms with Crippen LogP contribution in [0.2, 0.25) is 0 Å². The standard InChI is InChI=1S/C16H21NO3S/c18-15(17-7-3-1-2-4-8-17)14-10-12-9-11(16(19)20)5-6-13(12)21-14/h10-11H,1-9H2,(H,19,20)/t11-/m0/s1. The number of likely N-dealkylation sites (tertiary alicyclic amines) is 1. The smallest absolute Gasteiger partial charge is 0.306 e. The molecule has 0 unspecified atom stereocenters. The van der Waals surface area contributed by atoms with Gasteiger partial charge in [0.15, 0.2) is 0 Å². The van der Waals surface area contributed by atoms with Gasteiger partial charge in [-0.05, 0) is 43.7 Å². The first-order chi connectivity index (χ1) is 10.1. The van der Waals surface area contributed by atoms with Crippen LogP contribution in [-0.2, 0) is 17.6 Å². The van der Waals surface area contributed by atoms with E-state index in [0.717, 1.165) is 42.8 Å². The van der Waals surface area contributed by atoms with Crippen LogP contribution in [0.5, 0.6) is 0 Å². The topological polar surface area (TPSA) is 57.6 Å². The average Bonchev–Trinajstić information content (AvgIpc) is 2.71. The van der Waals surface area contributed by atoms with Crippen molar-refractivity contribution < 1.29 is 14.7 Å². The molecule has 1 aromatic rings. The number of amides is 1. The predicted octanol–water partition coefficient (Wildman–Crippen LogP) is 2.95. The van der Waals surface area contributed by atoms with Gasteiger partial charge in [-0.2, -0.15) is 0 Å². The zero-order chi connectivity index (χ0) is 14.8. The fourth-order valence-electron chi connectivity index (χ4n) is 3.27. The number of carboxylic acids is 1. The first-order valence-electron chi connectivity index (χ1n) is 7.79. The number of carbonyl (C=O) groups is 2. The molecule has 1 N–H and O–H groups in total. The Hall–Kier alpha value is -1.36. The van der Waals surface area contributed by atoms with Crippen LogP contribution in [0.15, 0.2) is 6.07 Å². The van der Waals surface area contributed by atoms with Crippen molar-refractivity contribution in [2.75, 3.05) is 13.1 Å². The Morgan fingerprint density at radius 3 is 2.57 bits per heavy atom. The lowest BCUT2D eigenvalue weighted by molar-refractivity contribution is -0.142. The third-order valence-corrected chi connectivity index (χ3v) is 5.76. The van der Waals surface area contributed by atoms with Crippen molar-refractivity contribution in [3.05, 3.63) is 21.4 Å². The maximum atomic E-state index is 12.6. The lowest BCUT2D eigenvalue weighted by Gasteiger charge is -2.19. The van der Waals surface area contributed by atoms with E-state index in [0.29, 0.717) is 12.8 Å². The summed E-state index contributed by atoms with van der Waals surface area (Å²) < 4.78 is 0. The number of aliphatic carboxylic acids is 1. The highest BCUT2D eigenvalue weighted by atomic mass is 32.1. The fraction of sp³-hybridized carbons (Fsp3) is 0.625. The lowest BCUT2D eigenvalue weighted by Crippen LogP contribution is -2.31. The van der Waals surface area contributed by atoms with Crippen LogP contribution >= 0.6 is 11.3 Å². The molecule has 5 heteroatoms. The molecule has 2 aliphatic rings. The number of fused-ring (bicyclic) bond motifs is 1. The summed E-state index contributed by atoms with van der Waals surface area (Å²) >= 11 is 1.57. The third kappa shape index (κ3) is 3.12. The van der Waals surface area contributed by atoms with Crippen molar-refractivity contribution in [1.82, 2.24) is 4.90 Å². The summed E-state index contributed by atoms with van der Waals surface area (Å²) in [5, 5.41) is 9.14. The maximum absolute atomic E-state index is 12.6. The molecule has 1 fully saturated rings. The fourth-order valence-corrected chi connectivity index (χ4v) is 4.45. The average molecular weight is 307 g/mol. The van der Waals surface area contributed by atoms with Crippen molar-refractivity contribution in [3.63, 3.8) is 0 Å². The van der Waals surface area contributed by atoms with E-state index >= 15 is 0 Å². The van der Waals surface area contributed by atoms with Crippen molar-refractivity contribution in [2.24, 2.45) is 5.92 Å². The quantitative estimate of drug-likeness (QED) is 0.914. The van der Waals surface area contributed by atoms with Crippen LogP contribution in [0, 0.1) is 5.92 Å². The molecule has 0 radical (unpaired) electrons. The van der Waals surface area contributed by atoms with Crippen LogP contribution in [0.1, 0.15) is 52.2 Å². The Balaban J connectivity index is 1.75. The Kier molecular flexibility index (Phi) is 4.29. The second kappa shape index (κ2) is 6.18. The summed E-state index contributed by atoms with van der Waals surface area (Å²) in [7, 11) is 0. The van der Waals surface area contributed by atoms with Gasteiger partial charge in [0.25, 0.3) is 5.91 Å². The van der Waals surface area contributed by atoms with E-state index in [1.807, 2.05) is 11.0 Å². The van der Waals surface area contributed by atoms with Crippen LogP contribution in [-0.4, -0.2) is 35.0 Å². The molecule has 0 saturated carbocycles. The molecule has 114 valence electrons. The van der Waals surface area contributed by atoms with Crippen LogP contribution in [0.25, 0.3) is 0 Å². The van der Waals surface area contributed by atoms with E-state index < -0.39 is 5.97 Å². The summed E-state index contributed by atoms with van der Waals surface area (Å²) in [6.45, 7) is 1.72. The molecule has 1 saturated heterocycles. The number of hydrogen-bond donors (Lipinski definition) is 1. The summed E-state index contributed by atoms with van der Waals surface area (Å²) in [6, 6.07) is 1.95. The maximum Gasteiger partial charge on any atom is 0.306 e. The van der Waals surface area contributed by atoms with E-state index in [4.69, 9.17) is 5.11 Å². The largest absolute Gasteiger partial charge is 0.481 e. The number of aryl methyl sites for hydroxylation is 1. The minimum absolute atomic E-state index is 0.142. The molecule has 0 bridgehead atoms. The number of rotatable bonds is 2. The van der Waals surface area contributed by atoms with Gasteiger partial charge < -0.3 is 10.0 Å². The van der Waals surface area contributed by atoms with Crippen LogP contribution in [0.3, 0.4) is 0 Å². The van der Waals surface area contributed by atoms with Gasteiger partial charge in [-0.15, -0.1) is 11.3 Å². The van der Waals surface area contributed by atoms with E-state index in [1.165, 1.54) is 17.7 Å². The first-order valence-corrected chi connectivity index (χ1v) is 8.60. The molecule has 0 aromatic carbocycles. The Morgan fingerprint density at radius 1 is 1.19 bits per heavy atom. The van der Waals surface area contributed by atoms with Gasteiger partial charge in [0.05, 0.1) is 10.8 Å². The van der Waals surface area contributed by atoms with E-state index in [1.54, 1.807) is 11.3 Å². The second-order valence-electron chi connectivity index (χ2n) is 6.04. The lowest BCUT2D eigenvalue weighted by atomic mass is 9.88. The molecule has 4 nitrogen and oxygen atoms in total. The molecular formula is C16H21NO3S. The van der Waals surface area contributed by atoms with Crippen LogP contribution in [0.4, 0.5) is 0 Å². The van der Waals surface area contributed by atoms with Gasteiger partial charge in [0, 0.05) is 18.0 Å². The minimum atomic E-state index is -0.716. The summed E-state index contributed by atoms with van der Waals surface area (Å²) in [5.74, 6) is -0.858. The first kappa shape index (κ1) is 14.6. The second-order valence-corrected chi connectivity index (χ2v) is 7.18. The predicted molar refractivity (Wildman–Crippen MR) is 81.8 cm³/mol. The highest BCUT2D eigenvalue weighted by Crippen LogP contribution is 2.33. The van der Waals surface area contributed by atoms with Gasteiger partial charge >= 0.3 is 5.97 Å². The molecule has 1 aromatic heterocycles. The third-order valence-electron chi connectivity index (χ3n) is 4.54. The van der Waals surface area contributed by atoms with Crippen molar-refractivity contribution in [2.45, 2.75) is 44.9 Å². The molecule has 21 heavy (non-hydrogen) atoms. The molecule has 0 spiro atoms. The van der Waals surface area contributed by atoms with Gasteiger partial charge in [-0.1, -0.05) is 12.8 Å². The number of carbonyl (C=O) groups excluding carboxylic acids is 1. The van der Waals surface area contributed by atoms with Gasteiger partial charge in [-0.3, -0.25) is 9.59 Å². The van der Waals surface area contributed by atoms with E-state index in [2.05, 4.69) is 0 Å². The van der Waals surface area contributed by atoms with Crippen molar-refractivity contribution in [1.29, 1.82) is 0 Å². The SMILES string of the molecule is O=C(O)[C@H]1CCc2sc(C(=O)N3CCCCCC3)cc2C1. The summed E-state index contributed by atoms with van der Waals surface area (Å²) in [6.07, 6.45) is 6.69. The Morgan fingerprint density at radius 2 is 1.90 bits per heavy atom. The zero-order valence-electron chi connectivity index (χ0n) is 12.1. The number of thiophene rings is 1. The zero-order valence-corrected chi connectivity index (χ0v) is 13.0. The van der Waals surface area contributed by atoms with Gasteiger partial charge in [-0.25, -0.2) is 0 Å². The number of hydrogen-bond acceptors (Lipinski definition) is 3. The monoisotopic (exact) mass is 307 g/mol. The van der Waals surface area contributed by atoms with E-state index in [-0.39, 0.29) is 11.8 Å². The van der Waals surface area contributed by atoms with Crippen molar-refractivity contribution in [3.8, 4) is 0 Å². The molecule has 1 atom stereocenters. The molecule has 1 aliphatic heterocycles. The molecular weight excluding hydrogens is 286 g/mol. The number of nitrogens with zero attached hydrogens (tertiary/aromatic N) is 1. The summed E-state index contributed by atoms with van der Waals surface area (Å²) in [4.78, 5) is 27.7. The molecule has 1 amide bonds. The normalized spacial score (nSPS) is 22.5.